The maximum absolute atomic E-state index is 12.3. The molecule has 0 aliphatic carbocycles. The van der Waals surface area contributed by atoms with Gasteiger partial charge in [0.25, 0.3) is 0 Å². The second-order valence-corrected chi connectivity index (χ2v) is 11.6. The third-order valence-electron chi connectivity index (χ3n) is 7.78. The van der Waals surface area contributed by atoms with Crippen LogP contribution >= 0.6 is 0 Å². The molecule has 0 aromatic carbocycles. The van der Waals surface area contributed by atoms with Gasteiger partial charge in [0.15, 0.2) is 0 Å². The highest BCUT2D eigenvalue weighted by molar-refractivity contribution is 5.76. The van der Waals surface area contributed by atoms with Gasteiger partial charge >= 0.3 is 0 Å². The van der Waals surface area contributed by atoms with E-state index in [1.165, 1.54) is 122 Å². The number of carbonyl (C=O) groups excluding carboxylic acids is 1. The normalized spacial score (nSPS) is 13.3. The molecule has 0 aromatic rings. The highest BCUT2D eigenvalue weighted by Gasteiger charge is 2.19. The Labute approximate surface area is 237 Å². The van der Waals surface area contributed by atoms with Crippen molar-refractivity contribution >= 4 is 5.91 Å². The monoisotopic (exact) mass is 538 g/mol. The molecule has 0 unspecified atom stereocenters. The molecule has 0 aromatic heterocycles. The number of allylic oxidation sites excluding steroid dienone is 2. The molecule has 0 rings (SSSR count). The molecule has 0 radical (unpaired) electrons. The smallest absolute Gasteiger partial charge is 0.220 e. The van der Waals surface area contributed by atoms with Crippen LogP contribution in [-0.2, 0) is 4.79 Å². The van der Waals surface area contributed by atoms with Crippen LogP contribution in [0.4, 0.5) is 0 Å². The van der Waals surface area contributed by atoms with Gasteiger partial charge < -0.3 is 15.5 Å². The Bertz CT molecular complexity index is 508. The van der Waals surface area contributed by atoms with Crippen LogP contribution in [0.25, 0.3) is 0 Å². The SMILES string of the molecule is CCCCCCCC/C=C/CCCC[C@@H](O)[C@H](CO)NC(=O)CCCCCCCCCCCCCCCC. The highest BCUT2D eigenvalue weighted by Crippen LogP contribution is 2.14. The van der Waals surface area contributed by atoms with Crippen LogP contribution in [0.5, 0.6) is 0 Å². The average Bonchev–Trinajstić information content (AvgIpc) is 2.92. The molecule has 1 amide bonds. The van der Waals surface area contributed by atoms with Gasteiger partial charge in [-0.05, 0) is 38.5 Å². The van der Waals surface area contributed by atoms with Gasteiger partial charge in [0, 0.05) is 6.42 Å². The lowest BCUT2D eigenvalue weighted by Gasteiger charge is -2.22. The quantitative estimate of drug-likeness (QED) is 0.0631. The maximum atomic E-state index is 12.3. The summed E-state index contributed by atoms with van der Waals surface area (Å²) >= 11 is 0. The fourth-order valence-electron chi connectivity index (χ4n) is 5.12. The molecule has 0 saturated heterocycles. The Morgan fingerprint density at radius 2 is 1.00 bits per heavy atom. The van der Waals surface area contributed by atoms with Crippen molar-refractivity contribution < 1.29 is 15.0 Å². The summed E-state index contributed by atoms with van der Waals surface area (Å²) in [5, 5.41) is 22.9. The molecule has 226 valence electrons. The summed E-state index contributed by atoms with van der Waals surface area (Å²) in [6.07, 6.45) is 35.4. The van der Waals surface area contributed by atoms with E-state index >= 15 is 0 Å². The molecule has 0 saturated carbocycles. The van der Waals surface area contributed by atoms with Crippen LogP contribution in [0.1, 0.15) is 181 Å². The minimum Gasteiger partial charge on any atom is -0.394 e. The number of aliphatic hydroxyl groups is 2. The van der Waals surface area contributed by atoms with E-state index in [1.54, 1.807) is 0 Å². The van der Waals surface area contributed by atoms with Gasteiger partial charge in [-0.15, -0.1) is 0 Å². The third kappa shape index (κ3) is 26.7. The minimum absolute atomic E-state index is 0.0420. The molecule has 0 fully saturated rings. The molecule has 2 atom stereocenters. The Balaban J connectivity index is 3.60. The molecule has 0 heterocycles. The third-order valence-corrected chi connectivity index (χ3v) is 7.78. The second-order valence-electron chi connectivity index (χ2n) is 11.6. The molecular weight excluding hydrogens is 470 g/mol. The van der Waals surface area contributed by atoms with Gasteiger partial charge in [-0.2, -0.15) is 0 Å². The van der Waals surface area contributed by atoms with Gasteiger partial charge in [0.1, 0.15) is 0 Å². The summed E-state index contributed by atoms with van der Waals surface area (Å²) in [7, 11) is 0. The standard InChI is InChI=1S/C34H67NO3/c1-3-5-7-9-11-13-15-17-18-20-22-24-26-28-30-34(38)35-32(31-36)33(37)29-27-25-23-21-19-16-14-12-10-8-6-4-2/h19,21,32-33,36-37H,3-18,20,22-31H2,1-2H3,(H,35,38)/b21-19+/t32-,33+/m0/s1. The van der Waals surface area contributed by atoms with Crippen molar-refractivity contribution in [2.75, 3.05) is 6.61 Å². The number of amides is 1. The van der Waals surface area contributed by atoms with Crippen LogP contribution in [0.2, 0.25) is 0 Å². The van der Waals surface area contributed by atoms with Crippen molar-refractivity contribution in [1.29, 1.82) is 0 Å². The Morgan fingerprint density at radius 1 is 0.605 bits per heavy atom. The van der Waals surface area contributed by atoms with E-state index in [0.717, 1.165) is 32.1 Å². The van der Waals surface area contributed by atoms with Gasteiger partial charge in [-0.1, -0.05) is 148 Å². The molecular formula is C34H67NO3. The molecule has 4 nitrogen and oxygen atoms in total. The van der Waals surface area contributed by atoms with E-state index in [4.69, 9.17) is 0 Å². The van der Waals surface area contributed by atoms with Crippen molar-refractivity contribution in [3.05, 3.63) is 12.2 Å². The summed E-state index contributed by atoms with van der Waals surface area (Å²) in [5.41, 5.74) is 0. The molecule has 0 spiro atoms. The van der Waals surface area contributed by atoms with E-state index in [9.17, 15) is 15.0 Å². The number of carbonyl (C=O) groups is 1. The number of nitrogens with one attached hydrogen (secondary N) is 1. The van der Waals surface area contributed by atoms with Crippen LogP contribution in [0.3, 0.4) is 0 Å². The van der Waals surface area contributed by atoms with E-state index in [-0.39, 0.29) is 12.5 Å². The molecule has 0 aliphatic heterocycles. The van der Waals surface area contributed by atoms with Gasteiger partial charge in [0.05, 0.1) is 18.8 Å². The van der Waals surface area contributed by atoms with E-state index < -0.39 is 12.1 Å². The molecule has 4 heteroatoms. The number of aliphatic hydroxyl groups excluding tert-OH is 2. The zero-order valence-corrected chi connectivity index (χ0v) is 25.7. The molecule has 3 N–H and O–H groups in total. The van der Waals surface area contributed by atoms with Gasteiger partial charge in [0.2, 0.25) is 5.91 Å². The second kappa shape index (κ2) is 30.7. The summed E-state index contributed by atoms with van der Waals surface area (Å²) in [4.78, 5) is 12.3. The summed E-state index contributed by atoms with van der Waals surface area (Å²) < 4.78 is 0. The molecule has 0 aliphatic rings. The van der Waals surface area contributed by atoms with Gasteiger partial charge in [-0.25, -0.2) is 0 Å². The fraction of sp³-hybridized carbons (Fsp3) is 0.912. The first-order valence-corrected chi connectivity index (χ1v) is 16.9. The predicted molar refractivity (Wildman–Crippen MR) is 166 cm³/mol. The number of hydrogen-bond donors (Lipinski definition) is 3. The van der Waals surface area contributed by atoms with Gasteiger partial charge in [-0.3, -0.25) is 4.79 Å². The van der Waals surface area contributed by atoms with Crippen LogP contribution in [-0.4, -0.2) is 34.9 Å². The number of unbranched alkanes of at least 4 members (excludes halogenated alkanes) is 21. The lowest BCUT2D eigenvalue weighted by Crippen LogP contribution is -2.45. The lowest BCUT2D eigenvalue weighted by molar-refractivity contribution is -0.123. The molecule has 0 bridgehead atoms. The van der Waals surface area contributed by atoms with Crippen LogP contribution in [0.15, 0.2) is 12.2 Å². The van der Waals surface area contributed by atoms with Crippen molar-refractivity contribution in [3.63, 3.8) is 0 Å². The Morgan fingerprint density at radius 3 is 1.45 bits per heavy atom. The van der Waals surface area contributed by atoms with Crippen LogP contribution in [0, 0.1) is 0 Å². The number of rotatable bonds is 30. The summed E-state index contributed by atoms with van der Waals surface area (Å²) in [5.74, 6) is -0.0420. The first-order valence-electron chi connectivity index (χ1n) is 16.9. The van der Waals surface area contributed by atoms with E-state index in [0.29, 0.717) is 12.8 Å². The van der Waals surface area contributed by atoms with Crippen LogP contribution < -0.4 is 5.32 Å². The maximum Gasteiger partial charge on any atom is 0.220 e. The fourth-order valence-corrected chi connectivity index (χ4v) is 5.12. The molecule has 38 heavy (non-hydrogen) atoms. The van der Waals surface area contributed by atoms with E-state index in [2.05, 4.69) is 31.3 Å². The predicted octanol–water partition coefficient (Wildman–Crippen LogP) is 9.56. The summed E-state index contributed by atoms with van der Waals surface area (Å²) in [6.45, 7) is 4.32. The summed E-state index contributed by atoms with van der Waals surface area (Å²) in [6, 6.07) is -0.544. The number of hydrogen-bond acceptors (Lipinski definition) is 3. The zero-order chi connectivity index (χ0) is 27.9. The Kier molecular flexibility index (Phi) is 30.0. The van der Waals surface area contributed by atoms with Crippen molar-refractivity contribution in [1.82, 2.24) is 5.32 Å². The Hall–Kier alpha value is -0.870. The topological polar surface area (TPSA) is 69.6 Å². The van der Waals surface area contributed by atoms with E-state index in [1.807, 2.05) is 0 Å². The largest absolute Gasteiger partial charge is 0.394 e. The first kappa shape index (κ1) is 37.1. The van der Waals surface area contributed by atoms with Crippen molar-refractivity contribution in [2.24, 2.45) is 0 Å². The highest BCUT2D eigenvalue weighted by atomic mass is 16.3. The average molecular weight is 538 g/mol. The minimum atomic E-state index is -0.674. The zero-order valence-electron chi connectivity index (χ0n) is 25.7. The van der Waals surface area contributed by atoms with Crippen molar-refractivity contribution in [2.45, 2.75) is 193 Å². The first-order chi connectivity index (χ1) is 18.7. The lowest BCUT2D eigenvalue weighted by atomic mass is 10.0. The van der Waals surface area contributed by atoms with Crippen molar-refractivity contribution in [3.8, 4) is 0 Å².